The molecule has 29 heavy (non-hydrogen) atoms. The van der Waals surface area contributed by atoms with Gasteiger partial charge in [0.1, 0.15) is 0 Å². The van der Waals surface area contributed by atoms with Crippen molar-refractivity contribution in [2.45, 2.75) is 31.6 Å². The second-order valence-electron chi connectivity index (χ2n) is 7.99. The van der Waals surface area contributed by atoms with Gasteiger partial charge < -0.3 is 15.1 Å². The van der Waals surface area contributed by atoms with Crippen LogP contribution in [0.2, 0.25) is 0 Å². The highest BCUT2D eigenvalue weighted by Gasteiger charge is 2.38. The summed E-state index contributed by atoms with van der Waals surface area (Å²) in [6.45, 7) is 1.95. The number of carbonyl (C=O) groups is 2. The quantitative estimate of drug-likeness (QED) is 0.754. The van der Waals surface area contributed by atoms with E-state index in [1.165, 1.54) is 4.88 Å². The van der Waals surface area contributed by atoms with Gasteiger partial charge in [0.2, 0.25) is 11.9 Å². The fourth-order valence-electron chi connectivity index (χ4n) is 3.71. The molecule has 3 heterocycles. The molecule has 1 N–H and O–H groups in total. The van der Waals surface area contributed by atoms with Gasteiger partial charge in [0.15, 0.2) is 0 Å². The molecule has 1 unspecified atom stereocenters. The van der Waals surface area contributed by atoms with Gasteiger partial charge in [-0.1, -0.05) is 6.07 Å². The third-order valence-electron chi connectivity index (χ3n) is 5.50. The number of nitrogens with zero attached hydrogens (tertiary/aromatic N) is 4. The number of thiophene rings is 1. The van der Waals surface area contributed by atoms with E-state index in [0.29, 0.717) is 24.6 Å². The molecule has 1 atom stereocenters. The summed E-state index contributed by atoms with van der Waals surface area (Å²) >= 11 is 1.69. The first-order valence-corrected chi connectivity index (χ1v) is 11.0. The van der Waals surface area contributed by atoms with Crippen molar-refractivity contribution in [2.75, 3.05) is 38.6 Å². The second kappa shape index (κ2) is 8.49. The zero-order valence-electron chi connectivity index (χ0n) is 16.9. The molecule has 154 valence electrons. The summed E-state index contributed by atoms with van der Waals surface area (Å²) in [6.07, 6.45) is 5.29. The van der Waals surface area contributed by atoms with E-state index < -0.39 is 0 Å². The van der Waals surface area contributed by atoms with Crippen LogP contribution in [0.3, 0.4) is 0 Å². The minimum absolute atomic E-state index is 0.0671. The van der Waals surface area contributed by atoms with E-state index in [4.69, 9.17) is 4.98 Å². The van der Waals surface area contributed by atoms with Gasteiger partial charge in [-0.3, -0.25) is 9.59 Å². The Morgan fingerprint density at radius 3 is 2.83 bits per heavy atom. The number of hydrogen-bond acceptors (Lipinski definition) is 6. The summed E-state index contributed by atoms with van der Waals surface area (Å²) < 4.78 is 0. The van der Waals surface area contributed by atoms with Crippen molar-refractivity contribution in [3.05, 3.63) is 39.8 Å². The SMILES string of the molecule is CN(C)c1ncc(C(=O)NCCc2cccs2)c(C2CCN(C(=O)C3CC3)C2)n1. The molecular weight excluding hydrogens is 386 g/mol. The van der Waals surface area contributed by atoms with Crippen LogP contribution in [0.25, 0.3) is 0 Å². The molecule has 4 rings (SSSR count). The Hall–Kier alpha value is -2.48. The summed E-state index contributed by atoms with van der Waals surface area (Å²) in [5.41, 5.74) is 1.27. The maximum atomic E-state index is 12.9. The first-order chi connectivity index (χ1) is 14.0. The standard InChI is InChI=1S/C21H27N5O2S/c1-25(2)21-23-12-17(19(27)22-9-7-16-4-3-11-29-16)18(24-21)15-8-10-26(13-15)20(28)14-5-6-14/h3-4,11-12,14-15H,5-10,13H2,1-2H3,(H,22,27). The number of nitrogens with one attached hydrogen (secondary N) is 1. The number of carbonyl (C=O) groups excluding carboxylic acids is 2. The van der Waals surface area contributed by atoms with Crippen molar-refractivity contribution in [3.63, 3.8) is 0 Å². The predicted molar refractivity (Wildman–Crippen MR) is 113 cm³/mol. The smallest absolute Gasteiger partial charge is 0.254 e. The second-order valence-corrected chi connectivity index (χ2v) is 9.02. The van der Waals surface area contributed by atoms with Crippen LogP contribution in [0.5, 0.6) is 0 Å². The van der Waals surface area contributed by atoms with Gasteiger partial charge in [0, 0.05) is 56.6 Å². The molecule has 1 saturated carbocycles. The molecule has 0 spiro atoms. The van der Waals surface area contributed by atoms with Gasteiger partial charge in [-0.15, -0.1) is 11.3 Å². The van der Waals surface area contributed by atoms with Gasteiger partial charge in [-0.05, 0) is 37.1 Å². The van der Waals surface area contributed by atoms with Crippen LogP contribution >= 0.6 is 11.3 Å². The molecule has 0 aromatic carbocycles. The summed E-state index contributed by atoms with van der Waals surface area (Å²) in [6, 6.07) is 4.09. The molecule has 7 nitrogen and oxygen atoms in total. The number of likely N-dealkylation sites (tertiary alicyclic amines) is 1. The summed E-state index contributed by atoms with van der Waals surface area (Å²) in [4.78, 5) is 39.4. The molecule has 2 aliphatic rings. The van der Waals surface area contributed by atoms with E-state index in [1.807, 2.05) is 35.3 Å². The molecule has 1 aliphatic heterocycles. The van der Waals surface area contributed by atoms with Crippen LogP contribution < -0.4 is 10.2 Å². The molecule has 1 saturated heterocycles. The Bertz CT molecular complexity index is 879. The van der Waals surface area contributed by atoms with Gasteiger partial charge in [0.25, 0.3) is 5.91 Å². The van der Waals surface area contributed by atoms with Gasteiger partial charge in [0.05, 0.1) is 11.3 Å². The molecule has 8 heteroatoms. The maximum Gasteiger partial charge on any atom is 0.254 e. The number of amides is 2. The summed E-state index contributed by atoms with van der Waals surface area (Å²) in [5.74, 6) is 0.987. The topological polar surface area (TPSA) is 78.4 Å². The first kappa shape index (κ1) is 19.8. The number of aromatic nitrogens is 2. The Morgan fingerprint density at radius 2 is 2.14 bits per heavy atom. The molecule has 0 radical (unpaired) electrons. The largest absolute Gasteiger partial charge is 0.352 e. The molecule has 2 fully saturated rings. The van der Waals surface area contributed by atoms with Gasteiger partial charge in [-0.25, -0.2) is 9.97 Å². The van der Waals surface area contributed by atoms with Crippen molar-refractivity contribution in [1.82, 2.24) is 20.2 Å². The molecular formula is C21H27N5O2S. The highest BCUT2D eigenvalue weighted by Crippen LogP contribution is 2.35. The first-order valence-electron chi connectivity index (χ1n) is 10.2. The van der Waals surface area contributed by atoms with Crippen molar-refractivity contribution < 1.29 is 9.59 Å². The van der Waals surface area contributed by atoms with Crippen LogP contribution in [0.1, 0.15) is 46.1 Å². The van der Waals surface area contributed by atoms with Gasteiger partial charge >= 0.3 is 0 Å². The normalized spacial score (nSPS) is 18.7. The zero-order chi connectivity index (χ0) is 20.4. The Labute approximate surface area is 175 Å². The number of hydrogen-bond donors (Lipinski definition) is 1. The van der Waals surface area contributed by atoms with Crippen LogP contribution in [0.15, 0.2) is 23.7 Å². The van der Waals surface area contributed by atoms with E-state index >= 15 is 0 Å². The molecule has 0 bridgehead atoms. The molecule has 2 aromatic rings. The number of anilines is 1. The lowest BCUT2D eigenvalue weighted by atomic mass is 9.99. The lowest BCUT2D eigenvalue weighted by molar-refractivity contribution is -0.131. The Balaban J connectivity index is 1.49. The predicted octanol–water partition coefficient (Wildman–Crippen LogP) is 2.30. The molecule has 2 amide bonds. The lowest BCUT2D eigenvalue weighted by Crippen LogP contribution is -2.31. The fourth-order valence-corrected chi connectivity index (χ4v) is 4.42. The van der Waals surface area contributed by atoms with Crippen LogP contribution in [-0.2, 0) is 11.2 Å². The lowest BCUT2D eigenvalue weighted by Gasteiger charge is -2.19. The summed E-state index contributed by atoms with van der Waals surface area (Å²) in [5, 5.41) is 5.05. The minimum Gasteiger partial charge on any atom is -0.352 e. The zero-order valence-corrected chi connectivity index (χ0v) is 17.7. The molecule has 1 aliphatic carbocycles. The Morgan fingerprint density at radius 1 is 1.31 bits per heavy atom. The van der Waals surface area contributed by atoms with Crippen LogP contribution in [-0.4, -0.2) is 60.4 Å². The Kier molecular flexibility index (Phi) is 5.80. The van der Waals surface area contributed by atoms with E-state index in [2.05, 4.69) is 16.4 Å². The third-order valence-corrected chi connectivity index (χ3v) is 6.44. The van der Waals surface area contributed by atoms with E-state index in [0.717, 1.165) is 37.9 Å². The van der Waals surface area contributed by atoms with Gasteiger partial charge in [-0.2, -0.15) is 0 Å². The van der Waals surface area contributed by atoms with Crippen LogP contribution in [0, 0.1) is 5.92 Å². The third kappa shape index (κ3) is 4.58. The van der Waals surface area contributed by atoms with Crippen molar-refractivity contribution >= 4 is 29.1 Å². The van der Waals surface area contributed by atoms with E-state index in [-0.39, 0.29) is 23.7 Å². The monoisotopic (exact) mass is 413 g/mol. The van der Waals surface area contributed by atoms with Crippen molar-refractivity contribution in [1.29, 1.82) is 0 Å². The summed E-state index contributed by atoms with van der Waals surface area (Å²) in [7, 11) is 3.77. The maximum absolute atomic E-state index is 12.9. The average Bonchev–Trinajstić information content (AvgIpc) is 3.22. The van der Waals surface area contributed by atoms with Crippen molar-refractivity contribution in [3.8, 4) is 0 Å². The minimum atomic E-state index is -0.145. The number of rotatable bonds is 7. The molecule has 2 aromatic heterocycles. The van der Waals surface area contributed by atoms with E-state index in [9.17, 15) is 9.59 Å². The highest BCUT2D eigenvalue weighted by atomic mass is 32.1. The fraction of sp³-hybridized carbons (Fsp3) is 0.524. The highest BCUT2D eigenvalue weighted by molar-refractivity contribution is 7.09. The average molecular weight is 414 g/mol. The van der Waals surface area contributed by atoms with E-state index in [1.54, 1.807) is 17.5 Å². The van der Waals surface area contributed by atoms with Crippen molar-refractivity contribution in [2.24, 2.45) is 5.92 Å². The van der Waals surface area contributed by atoms with Crippen LogP contribution in [0.4, 0.5) is 5.95 Å².